The first-order valence-electron chi connectivity index (χ1n) is 11.4. The molecule has 1 aromatic heterocycles. The number of ketones is 1. The number of rotatable bonds is 7. The summed E-state index contributed by atoms with van der Waals surface area (Å²) in [7, 11) is 0. The van der Waals surface area contributed by atoms with E-state index in [4.69, 9.17) is 4.98 Å². The van der Waals surface area contributed by atoms with Crippen molar-refractivity contribution in [3.63, 3.8) is 0 Å². The molecule has 0 unspecified atom stereocenters. The van der Waals surface area contributed by atoms with E-state index in [9.17, 15) is 9.59 Å². The minimum Gasteiger partial charge on any atom is -0.302 e. The van der Waals surface area contributed by atoms with E-state index in [2.05, 4.69) is 37.4 Å². The molecule has 0 aliphatic heterocycles. The lowest BCUT2D eigenvalue weighted by Gasteiger charge is -2.06. The standard InChI is InChI=1S/C29H28N2O2S/c1-18-10-13-24(21(4)16-18)25(32)14-15-26(33)30-29-31-27(22-8-6-5-7-9-22)28(34-29)23-12-11-19(2)20(3)17-23/h5-13,16-17H,14-15H2,1-4H3,(H,30,31,33). The highest BCUT2D eigenvalue weighted by atomic mass is 32.1. The fourth-order valence-corrected chi connectivity index (χ4v) is 4.91. The topological polar surface area (TPSA) is 59.1 Å². The van der Waals surface area contributed by atoms with Crippen molar-refractivity contribution in [1.82, 2.24) is 4.98 Å². The number of thiazole rings is 1. The highest BCUT2D eigenvalue weighted by molar-refractivity contribution is 7.19. The summed E-state index contributed by atoms with van der Waals surface area (Å²) in [5.74, 6) is -0.231. The third-order valence-corrected chi connectivity index (χ3v) is 6.97. The zero-order valence-electron chi connectivity index (χ0n) is 19.9. The summed E-state index contributed by atoms with van der Waals surface area (Å²) in [6, 6.07) is 22.1. The molecule has 0 aliphatic rings. The van der Waals surface area contributed by atoms with Gasteiger partial charge in [-0.3, -0.25) is 9.59 Å². The lowest BCUT2D eigenvalue weighted by molar-refractivity contribution is -0.116. The van der Waals surface area contributed by atoms with Gasteiger partial charge in [0.25, 0.3) is 0 Å². The summed E-state index contributed by atoms with van der Waals surface area (Å²) >= 11 is 1.46. The Balaban J connectivity index is 1.53. The number of aryl methyl sites for hydroxylation is 4. The van der Waals surface area contributed by atoms with Crippen LogP contribution in [-0.2, 0) is 4.79 Å². The average molecular weight is 469 g/mol. The van der Waals surface area contributed by atoms with Crippen LogP contribution in [0.15, 0.2) is 66.7 Å². The van der Waals surface area contributed by atoms with Crippen molar-refractivity contribution in [2.24, 2.45) is 0 Å². The van der Waals surface area contributed by atoms with E-state index in [0.717, 1.165) is 32.8 Å². The zero-order chi connectivity index (χ0) is 24.2. The monoisotopic (exact) mass is 468 g/mol. The van der Waals surface area contributed by atoms with Gasteiger partial charge in [-0.25, -0.2) is 4.98 Å². The number of aromatic nitrogens is 1. The fraction of sp³-hybridized carbons (Fsp3) is 0.207. The Bertz CT molecular complexity index is 1360. The molecule has 0 radical (unpaired) electrons. The summed E-state index contributed by atoms with van der Waals surface area (Å²) in [5.41, 5.74) is 8.09. The molecular formula is C29H28N2O2S. The molecule has 4 rings (SSSR count). The number of benzene rings is 3. The molecule has 0 aliphatic carbocycles. The molecule has 0 saturated heterocycles. The molecule has 1 amide bonds. The van der Waals surface area contributed by atoms with Crippen molar-refractivity contribution < 1.29 is 9.59 Å². The smallest absolute Gasteiger partial charge is 0.226 e. The van der Waals surface area contributed by atoms with Crippen LogP contribution in [0, 0.1) is 27.7 Å². The molecule has 0 atom stereocenters. The molecule has 0 bridgehead atoms. The second-order valence-corrected chi connectivity index (χ2v) is 9.65. The van der Waals surface area contributed by atoms with Crippen molar-refractivity contribution in [3.8, 4) is 21.7 Å². The number of anilines is 1. The van der Waals surface area contributed by atoms with Gasteiger partial charge in [-0.15, -0.1) is 0 Å². The van der Waals surface area contributed by atoms with Crippen LogP contribution in [0.4, 0.5) is 5.13 Å². The highest BCUT2D eigenvalue weighted by Gasteiger charge is 2.18. The third-order valence-electron chi connectivity index (χ3n) is 5.95. The summed E-state index contributed by atoms with van der Waals surface area (Å²) in [5, 5.41) is 3.45. The first-order valence-corrected chi connectivity index (χ1v) is 12.2. The lowest BCUT2D eigenvalue weighted by Crippen LogP contribution is -2.13. The van der Waals surface area contributed by atoms with E-state index >= 15 is 0 Å². The van der Waals surface area contributed by atoms with Crippen LogP contribution in [0.3, 0.4) is 0 Å². The van der Waals surface area contributed by atoms with Gasteiger partial charge in [-0.05, 0) is 49.9 Å². The first-order chi connectivity index (χ1) is 16.3. The van der Waals surface area contributed by atoms with Gasteiger partial charge in [0, 0.05) is 24.0 Å². The van der Waals surface area contributed by atoms with E-state index in [1.807, 2.05) is 62.4 Å². The molecule has 5 heteroatoms. The Labute approximate surface area is 204 Å². The normalized spacial score (nSPS) is 10.8. The highest BCUT2D eigenvalue weighted by Crippen LogP contribution is 2.39. The van der Waals surface area contributed by atoms with Crippen molar-refractivity contribution >= 4 is 28.2 Å². The number of nitrogens with zero attached hydrogens (tertiary/aromatic N) is 1. The number of carbonyl (C=O) groups is 2. The van der Waals surface area contributed by atoms with Crippen LogP contribution in [-0.4, -0.2) is 16.7 Å². The zero-order valence-corrected chi connectivity index (χ0v) is 20.8. The second kappa shape index (κ2) is 10.1. The Morgan fingerprint density at radius 2 is 1.56 bits per heavy atom. The van der Waals surface area contributed by atoms with E-state index in [0.29, 0.717) is 10.7 Å². The molecule has 172 valence electrons. The van der Waals surface area contributed by atoms with Crippen LogP contribution in [0.25, 0.3) is 21.7 Å². The van der Waals surface area contributed by atoms with Crippen molar-refractivity contribution in [2.75, 3.05) is 5.32 Å². The van der Waals surface area contributed by atoms with Crippen LogP contribution in [0.5, 0.6) is 0 Å². The SMILES string of the molecule is Cc1ccc(C(=O)CCC(=O)Nc2nc(-c3ccccc3)c(-c3ccc(C)c(C)c3)s2)c(C)c1. The summed E-state index contributed by atoms with van der Waals surface area (Å²) in [6.07, 6.45) is 0.280. The lowest BCUT2D eigenvalue weighted by atomic mass is 9.99. The van der Waals surface area contributed by atoms with Gasteiger partial charge in [0.15, 0.2) is 10.9 Å². The van der Waals surface area contributed by atoms with Gasteiger partial charge in [0.1, 0.15) is 0 Å². The van der Waals surface area contributed by atoms with Gasteiger partial charge < -0.3 is 5.32 Å². The van der Waals surface area contributed by atoms with Crippen LogP contribution in [0.2, 0.25) is 0 Å². The van der Waals surface area contributed by atoms with Crippen molar-refractivity contribution in [1.29, 1.82) is 0 Å². The summed E-state index contributed by atoms with van der Waals surface area (Å²) < 4.78 is 0. The van der Waals surface area contributed by atoms with E-state index < -0.39 is 0 Å². The van der Waals surface area contributed by atoms with E-state index in [1.165, 1.54) is 22.5 Å². The maximum atomic E-state index is 12.7. The largest absolute Gasteiger partial charge is 0.302 e. The Kier molecular flexibility index (Phi) is 7.03. The molecular weight excluding hydrogens is 440 g/mol. The number of nitrogens with one attached hydrogen (secondary N) is 1. The number of hydrogen-bond donors (Lipinski definition) is 1. The van der Waals surface area contributed by atoms with Gasteiger partial charge in [0.2, 0.25) is 5.91 Å². The third kappa shape index (κ3) is 5.32. The maximum Gasteiger partial charge on any atom is 0.226 e. The van der Waals surface area contributed by atoms with E-state index in [1.54, 1.807) is 0 Å². The predicted octanol–water partition coefficient (Wildman–Crippen LogP) is 7.31. The Hall–Kier alpha value is -3.57. The van der Waals surface area contributed by atoms with Crippen molar-refractivity contribution in [3.05, 3.63) is 94.5 Å². The fourth-order valence-electron chi connectivity index (χ4n) is 3.91. The second-order valence-electron chi connectivity index (χ2n) is 8.65. The summed E-state index contributed by atoms with van der Waals surface area (Å²) in [4.78, 5) is 31.1. The molecule has 1 N–H and O–H groups in total. The minimum absolute atomic E-state index is 0.0208. The molecule has 0 saturated carbocycles. The maximum absolute atomic E-state index is 12.7. The van der Waals surface area contributed by atoms with Crippen LogP contribution >= 0.6 is 11.3 Å². The number of Topliss-reactive ketones (excluding diaryl/α,β-unsaturated/α-hetero) is 1. The van der Waals surface area contributed by atoms with Gasteiger partial charge in [-0.2, -0.15) is 0 Å². The molecule has 0 spiro atoms. The molecule has 0 fully saturated rings. The number of hydrogen-bond acceptors (Lipinski definition) is 4. The van der Waals surface area contributed by atoms with E-state index in [-0.39, 0.29) is 24.5 Å². The van der Waals surface area contributed by atoms with Gasteiger partial charge in [-0.1, -0.05) is 83.6 Å². The Morgan fingerprint density at radius 3 is 2.26 bits per heavy atom. The average Bonchev–Trinajstić information content (AvgIpc) is 3.23. The molecule has 4 aromatic rings. The molecule has 1 heterocycles. The minimum atomic E-state index is -0.210. The van der Waals surface area contributed by atoms with Gasteiger partial charge >= 0.3 is 0 Å². The predicted molar refractivity (Wildman–Crippen MR) is 141 cm³/mol. The molecule has 3 aromatic carbocycles. The van der Waals surface area contributed by atoms with Crippen molar-refractivity contribution in [2.45, 2.75) is 40.5 Å². The summed E-state index contributed by atoms with van der Waals surface area (Å²) in [6.45, 7) is 8.11. The van der Waals surface area contributed by atoms with Gasteiger partial charge in [0.05, 0.1) is 10.6 Å². The molecule has 4 nitrogen and oxygen atoms in total. The number of amides is 1. The number of carbonyl (C=O) groups excluding carboxylic acids is 2. The van der Waals surface area contributed by atoms with Crippen LogP contribution < -0.4 is 5.32 Å². The first kappa shape index (κ1) is 23.6. The van der Waals surface area contributed by atoms with Crippen LogP contribution in [0.1, 0.15) is 45.5 Å². The molecule has 34 heavy (non-hydrogen) atoms. The quantitative estimate of drug-likeness (QED) is 0.289. The Morgan fingerprint density at radius 1 is 0.794 bits per heavy atom.